The van der Waals surface area contributed by atoms with Gasteiger partial charge in [-0.2, -0.15) is 0 Å². The van der Waals surface area contributed by atoms with Crippen LogP contribution in [-0.2, 0) is 11.3 Å². The molecule has 2 aromatic carbocycles. The fraction of sp³-hybridized carbons (Fsp3) is 0.658. The second kappa shape index (κ2) is 12.4. The number of nitrogens with zero attached hydrogens (tertiary/aromatic N) is 1. The molecule has 226 valence electrons. The number of ketones is 1. The van der Waals surface area contributed by atoms with Gasteiger partial charge in [0, 0.05) is 29.6 Å². The SMILES string of the molecule is C.CC(C)(C)C1c2ccccc2CN(C(C)(C)C)c2ccccc2C1C(C)(C)C.CC(C)(C)CC(=O)C(C)(C)C. The molecule has 2 nitrogen and oxygen atoms in total. The minimum Gasteiger partial charge on any atom is -0.362 e. The molecule has 0 amide bonds. The Labute approximate surface area is 249 Å². The minimum atomic E-state index is -0.173. The zero-order valence-electron chi connectivity index (χ0n) is 28.0. The Morgan fingerprint density at radius 1 is 0.675 bits per heavy atom. The Morgan fingerprint density at radius 2 is 1.10 bits per heavy atom. The van der Waals surface area contributed by atoms with Gasteiger partial charge in [-0.05, 0) is 71.6 Å². The minimum absolute atomic E-state index is 0. The smallest absolute Gasteiger partial charge is 0.138 e. The number of Topliss-reactive ketones (excluding diaryl/α,β-unsaturated/α-hetero) is 1. The second-order valence-corrected chi connectivity index (χ2v) is 17.1. The zero-order chi connectivity index (χ0) is 30.2. The van der Waals surface area contributed by atoms with Gasteiger partial charge in [0.05, 0.1) is 0 Å². The Kier molecular flexibility index (Phi) is 11.2. The summed E-state index contributed by atoms with van der Waals surface area (Å²) in [4.78, 5) is 14.1. The van der Waals surface area contributed by atoms with Crippen LogP contribution >= 0.6 is 0 Å². The molecule has 0 saturated heterocycles. The van der Waals surface area contributed by atoms with Crippen molar-refractivity contribution < 1.29 is 4.79 Å². The van der Waals surface area contributed by atoms with E-state index < -0.39 is 0 Å². The van der Waals surface area contributed by atoms with Gasteiger partial charge >= 0.3 is 0 Å². The third-order valence-electron chi connectivity index (χ3n) is 7.82. The van der Waals surface area contributed by atoms with E-state index >= 15 is 0 Å². The lowest BCUT2D eigenvalue weighted by Crippen LogP contribution is -2.44. The van der Waals surface area contributed by atoms with Crippen molar-refractivity contribution >= 4 is 11.5 Å². The summed E-state index contributed by atoms with van der Waals surface area (Å²) in [6.07, 6.45) is 0.677. The molecule has 3 rings (SSSR count). The van der Waals surface area contributed by atoms with E-state index in [4.69, 9.17) is 0 Å². The van der Waals surface area contributed by atoms with E-state index in [0.29, 0.717) is 24.0 Å². The standard InChI is InChI=1S/C27H39N.C10H20O.CH4/c1-25(2,3)23-20-15-11-10-14-19(20)18-28(27(7,8)9)22-17-13-12-16-21(22)24(23)26(4,5)6;1-9(2,3)7-8(11)10(4,5)6;/h10-17,23-24H,18H2,1-9H3;7H2,1-6H3;1H4. The van der Waals surface area contributed by atoms with Gasteiger partial charge in [-0.1, -0.05) is 133 Å². The molecule has 0 aliphatic carbocycles. The summed E-state index contributed by atoms with van der Waals surface area (Å²) in [7, 11) is 0. The highest BCUT2D eigenvalue weighted by Gasteiger charge is 2.44. The van der Waals surface area contributed by atoms with Gasteiger partial charge in [0.15, 0.2) is 0 Å². The van der Waals surface area contributed by atoms with Crippen molar-refractivity contribution in [2.45, 2.75) is 142 Å². The average Bonchev–Trinajstić information content (AvgIpc) is 2.71. The van der Waals surface area contributed by atoms with Crippen LogP contribution in [0.15, 0.2) is 48.5 Å². The van der Waals surface area contributed by atoms with Gasteiger partial charge < -0.3 is 4.90 Å². The number of hydrogen-bond acceptors (Lipinski definition) is 2. The first-order valence-electron chi connectivity index (χ1n) is 14.9. The summed E-state index contributed by atoms with van der Waals surface area (Å²) in [6, 6.07) is 18.3. The predicted octanol–water partition coefficient (Wildman–Crippen LogP) is 11.4. The zero-order valence-corrected chi connectivity index (χ0v) is 28.0. The normalized spacial score (nSPS) is 18.2. The highest BCUT2D eigenvalue weighted by atomic mass is 16.1. The van der Waals surface area contributed by atoms with Crippen molar-refractivity contribution in [3.63, 3.8) is 0 Å². The molecular formula is C38H63NO. The molecule has 2 heteroatoms. The molecule has 1 aliphatic rings. The topological polar surface area (TPSA) is 20.3 Å². The largest absolute Gasteiger partial charge is 0.362 e. The fourth-order valence-electron chi connectivity index (χ4n) is 5.87. The van der Waals surface area contributed by atoms with Crippen LogP contribution in [0.5, 0.6) is 0 Å². The first-order valence-corrected chi connectivity index (χ1v) is 14.9. The molecule has 0 fully saturated rings. The van der Waals surface area contributed by atoms with Crippen molar-refractivity contribution in [1.29, 1.82) is 0 Å². The Hall–Kier alpha value is -2.09. The summed E-state index contributed by atoms with van der Waals surface area (Å²) in [5.74, 6) is 1.26. The molecule has 0 N–H and O–H groups in total. The van der Waals surface area contributed by atoms with E-state index in [1.165, 1.54) is 22.4 Å². The van der Waals surface area contributed by atoms with Crippen LogP contribution in [-0.4, -0.2) is 11.3 Å². The maximum Gasteiger partial charge on any atom is 0.138 e. The van der Waals surface area contributed by atoms with Crippen LogP contribution in [0.2, 0.25) is 0 Å². The lowest BCUT2D eigenvalue weighted by molar-refractivity contribution is -0.128. The molecule has 2 atom stereocenters. The molecule has 0 bridgehead atoms. The van der Waals surface area contributed by atoms with Gasteiger partial charge in [0.25, 0.3) is 0 Å². The lowest BCUT2D eigenvalue weighted by atomic mass is 9.58. The second-order valence-electron chi connectivity index (χ2n) is 17.1. The summed E-state index contributed by atoms with van der Waals surface area (Å²) in [5.41, 5.74) is 6.24. The molecule has 0 radical (unpaired) electrons. The number of carbonyl (C=O) groups is 1. The highest BCUT2D eigenvalue weighted by molar-refractivity contribution is 5.84. The third kappa shape index (κ3) is 9.22. The van der Waals surface area contributed by atoms with Crippen LogP contribution < -0.4 is 4.90 Å². The van der Waals surface area contributed by atoms with E-state index in [1.54, 1.807) is 0 Å². The number of hydrogen-bond donors (Lipinski definition) is 0. The van der Waals surface area contributed by atoms with E-state index in [1.807, 2.05) is 20.8 Å². The molecule has 0 spiro atoms. The van der Waals surface area contributed by atoms with Gasteiger partial charge in [-0.25, -0.2) is 0 Å². The monoisotopic (exact) mass is 549 g/mol. The van der Waals surface area contributed by atoms with Crippen molar-refractivity contribution in [3.8, 4) is 0 Å². The van der Waals surface area contributed by atoms with Crippen LogP contribution in [0.4, 0.5) is 5.69 Å². The van der Waals surface area contributed by atoms with Crippen molar-refractivity contribution in [2.24, 2.45) is 21.7 Å². The Morgan fingerprint density at radius 3 is 1.50 bits per heavy atom. The van der Waals surface area contributed by atoms with E-state index in [-0.39, 0.29) is 34.6 Å². The van der Waals surface area contributed by atoms with Gasteiger partial charge in [-0.15, -0.1) is 0 Å². The van der Waals surface area contributed by atoms with E-state index in [0.717, 1.165) is 6.54 Å². The molecule has 1 aliphatic heterocycles. The van der Waals surface area contributed by atoms with Crippen LogP contribution in [0.25, 0.3) is 0 Å². The number of para-hydroxylation sites is 1. The van der Waals surface area contributed by atoms with Gasteiger partial charge in [-0.3, -0.25) is 4.79 Å². The number of benzene rings is 2. The maximum absolute atomic E-state index is 11.5. The number of rotatable bonds is 1. The molecule has 40 heavy (non-hydrogen) atoms. The summed E-state index contributed by atoms with van der Waals surface area (Å²) in [6.45, 7) is 34.7. The van der Waals surface area contributed by atoms with Crippen molar-refractivity contribution in [3.05, 3.63) is 65.2 Å². The molecule has 0 saturated carbocycles. The first-order chi connectivity index (χ1) is 17.4. The first kappa shape index (κ1) is 35.9. The van der Waals surface area contributed by atoms with Crippen molar-refractivity contribution in [1.82, 2.24) is 0 Å². The Bertz CT molecular complexity index is 1110. The Balaban J connectivity index is 0.000000569. The summed E-state index contributed by atoms with van der Waals surface area (Å²) >= 11 is 0. The lowest BCUT2D eigenvalue weighted by Gasteiger charge is -2.50. The van der Waals surface area contributed by atoms with E-state index in [2.05, 4.69) is 137 Å². The predicted molar refractivity (Wildman–Crippen MR) is 178 cm³/mol. The number of fused-ring (bicyclic) bond motifs is 2. The van der Waals surface area contributed by atoms with E-state index in [9.17, 15) is 4.79 Å². The summed E-state index contributed by atoms with van der Waals surface area (Å²) in [5, 5.41) is 0. The third-order valence-corrected chi connectivity index (χ3v) is 7.82. The van der Waals surface area contributed by atoms with Gasteiger partial charge in [0.2, 0.25) is 0 Å². The quantitative estimate of drug-likeness (QED) is 0.352. The maximum atomic E-state index is 11.5. The van der Waals surface area contributed by atoms with Crippen LogP contribution in [0.3, 0.4) is 0 Å². The van der Waals surface area contributed by atoms with Crippen LogP contribution in [0.1, 0.15) is 146 Å². The molecule has 2 unspecified atom stereocenters. The molecule has 2 aromatic rings. The van der Waals surface area contributed by atoms with Crippen molar-refractivity contribution in [2.75, 3.05) is 4.90 Å². The molecule has 0 aromatic heterocycles. The average molecular weight is 550 g/mol. The molecular weight excluding hydrogens is 486 g/mol. The molecule has 1 heterocycles. The fourth-order valence-corrected chi connectivity index (χ4v) is 5.87. The number of carbonyl (C=O) groups excluding carboxylic acids is 1. The van der Waals surface area contributed by atoms with Gasteiger partial charge in [0.1, 0.15) is 5.78 Å². The number of anilines is 1. The summed E-state index contributed by atoms with van der Waals surface area (Å²) < 4.78 is 0. The van der Waals surface area contributed by atoms with Crippen LogP contribution in [0, 0.1) is 21.7 Å². The highest BCUT2D eigenvalue weighted by Crippen LogP contribution is 2.56.